The number of hydrogen-bond acceptors (Lipinski definition) is 4. The number of aliphatic hydroxyl groups is 1. The Balaban J connectivity index is 1.87. The van der Waals surface area contributed by atoms with Crippen molar-refractivity contribution in [3.8, 4) is 0 Å². The van der Waals surface area contributed by atoms with Crippen LogP contribution in [0.2, 0.25) is 0 Å². The van der Waals surface area contributed by atoms with Gasteiger partial charge in [-0.15, -0.1) is 0 Å². The van der Waals surface area contributed by atoms with Gasteiger partial charge >= 0.3 is 6.18 Å². The molecular weight excluding hydrogens is 461 g/mol. The largest absolute Gasteiger partial charge is 0.416 e. The van der Waals surface area contributed by atoms with Crippen LogP contribution in [0.1, 0.15) is 48.8 Å². The Morgan fingerprint density at radius 1 is 1.06 bits per heavy atom. The highest BCUT2D eigenvalue weighted by molar-refractivity contribution is 6.06. The van der Waals surface area contributed by atoms with Crippen LogP contribution >= 0.6 is 0 Å². The molecule has 0 fully saturated rings. The minimum atomic E-state index is -4.42. The van der Waals surface area contributed by atoms with Crippen molar-refractivity contribution in [2.45, 2.75) is 46.0 Å². The molecule has 1 atom stereocenters. The van der Waals surface area contributed by atoms with Crippen molar-refractivity contribution in [3.63, 3.8) is 0 Å². The van der Waals surface area contributed by atoms with Crippen LogP contribution in [0, 0.1) is 5.41 Å². The molecule has 1 unspecified atom stereocenters. The zero-order valence-electron chi connectivity index (χ0n) is 19.8. The van der Waals surface area contributed by atoms with E-state index in [2.05, 4.69) is 15.7 Å². The van der Waals surface area contributed by atoms with E-state index in [1.165, 1.54) is 12.1 Å². The Kier molecular flexibility index (Phi) is 7.84. The molecule has 0 aliphatic rings. The third kappa shape index (κ3) is 6.39. The molecule has 35 heavy (non-hydrogen) atoms. The summed E-state index contributed by atoms with van der Waals surface area (Å²) in [4.78, 5) is 26.0. The van der Waals surface area contributed by atoms with E-state index in [0.29, 0.717) is 22.9 Å². The molecule has 7 nitrogen and oxygen atoms in total. The summed E-state index contributed by atoms with van der Waals surface area (Å²) >= 11 is 0. The van der Waals surface area contributed by atoms with Gasteiger partial charge in [-0.2, -0.15) is 18.3 Å². The summed E-state index contributed by atoms with van der Waals surface area (Å²) in [7, 11) is 0. The van der Waals surface area contributed by atoms with Gasteiger partial charge in [0.1, 0.15) is 6.04 Å². The van der Waals surface area contributed by atoms with Gasteiger partial charge in [-0.05, 0) is 35.6 Å². The van der Waals surface area contributed by atoms with E-state index in [4.69, 9.17) is 5.11 Å². The molecule has 188 valence electrons. The lowest BCUT2D eigenvalue weighted by Gasteiger charge is -2.30. The number of benzene rings is 2. The Morgan fingerprint density at radius 2 is 1.71 bits per heavy atom. The number of halogens is 3. The van der Waals surface area contributed by atoms with Crippen molar-refractivity contribution in [1.82, 2.24) is 20.4 Å². The third-order valence-electron chi connectivity index (χ3n) is 5.52. The minimum absolute atomic E-state index is 0.0603. The van der Waals surface area contributed by atoms with Crippen molar-refractivity contribution in [1.29, 1.82) is 0 Å². The molecule has 0 spiro atoms. The van der Waals surface area contributed by atoms with E-state index in [1.807, 2.05) is 20.8 Å². The number of nitrogens with zero attached hydrogens (tertiary/aromatic N) is 2. The summed E-state index contributed by atoms with van der Waals surface area (Å²) in [5.41, 5.74) is 0.00530. The summed E-state index contributed by atoms with van der Waals surface area (Å²) < 4.78 is 40.2. The summed E-state index contributed by atoms with van der Waals surface area (Å²) in [6.07, 6.45) is -4.02. The highest BCUT2D eigenvalue weighted by Crippen LogP contribution is 2.29. The molecule has 2 amide bonds. The van der Waals surface area contributed by atoms with Crippen LogP contribution in [0.4, 0.5) is 13.2 Å². The van der Waals surface area contributed by atoms with Crippen LogP contribution < -0.4 is 10.6 Å². The number of amides is 2. The fraction of sp³-hybridized carbons (Fsp3) is 0.400. The van der Waals surface area contributed by atoms with Crippen molar-refractivity contribution >= 4 is 22.7 Å². The number of aromatic nitrogens is 2. The SMILES string of the molecule is CC(C)(C)C(NC(=O)c1nn(Cc2ccc(C(F)(F)F)cc2)c2ccccc12)C(=O)NCCCO. The maximum Gasteiger partial charge on any atom is 0.416 e. The molecular formula is C25H29F3N4O3. The first-order chi connectivity index (χ1) is 16.4. The second-order valence-corrected chi connectivity index (χ2v) is 9.36. The van der Waals surface area contributed by atoms with Gasteiger partial charge in [0.15, 0.2) is 5.69 Å². The molecule has 0 saturated carbocycles. The summed E-state index contributed by atoms with van der Waals surface area (Å²) in [5, 5.41) is 19.4. The van der Waals surface area contributed by atoms with Gasteiger partial charge in [0.2, 0.25) is 5.91 Å². The van der Waals surface area contributed by atoms with Crippen molar-refractivity contribution < 1.29 is 27.9 Å². The molecule has 3 aromatic rings. The minimum Gasteiger partial charge on any atom is -0.396 e. The molecule has 0 radical (unpaired) electrons. The lowest BCUT2D eigenvalue weighted by molar-refractivity contribution is -0.137. The van der Waals surface area contributed by atoms with E-state index in [-0.39, 0.29) is 31.3 Å². The molecule has 10 heteroatoms. The van der Waals surface area contributed by atoms with Gasteiger partial charge in [-0.3, -0.25) is 14.3 Å². The van der Waals surface area contributed by atoms with Crippen LogP contribution in [-0.4, -0.2) is 45.9 Å². The third-order valence-corrected chi connectivity index (χ3v) is 5.52. The highest BCUT2D eigenvalue weighted by atomic mass is 19.4. The number of carbonyl (C=O) groups excluding carboxylic acids is 2. The number of fused-ring (bicyclic) bond motifs is 1. The topological polar surface area (TPSA) is 96.2 Å². The van der Waals surface area contributed by atoms with E-state index in [1.54, 1.807) is 28.9 Å². The number of nitrogens with one attached hydrogen (secondary N) is 2. The highest BCUT2D eigenvalue weighted by Gasteiger charge is 2.34. The normalized spacial score (nSPS) is 13.0. The van der Waals surface area contributed by atoms with Gasteiger partial charge in [0.25, 0.3) is 5.91 Å². The van der Waals surface area contributed by atoms with E-state index < -0.39 is 29.1 Å². The first kappa shape index (κ1) is 26.2. The second kappa shape index (κ2) is 10.5. The molecule has 0 aliphatic heterocycles. The summed E-state index contributed by atoms with van der Waals surface area (Å²) in [5.74, 6) is -0.905. The van der Waals surface area contributed by atoms with Crippen LogP contribution in [0.15, 0.2) is 48.5 Å². The molecule has 3 N–H and O–H groups in total. The fourth-order valence-corrected chi connectivity index (χ4v) is 3.66. The predicted molar refractivity (Wildman–Crippen MR) is 126 cm³/mol. The van der Waals surface area contributed by atoms with E-state index in [0.717, 1.165) is 12.1 Å². The monoisotopic (exact) mass is 490 g/mol. The van der Waals surface area contributed by atoms with Gasteiger partial charge < -0.3 is 15.7 Å². The average molecular weight is 491 g/mol. The maximum atomic E-state index is 13.2. The van der Waals surface area contributed by atoms with Crippen LogP contribution in [0.3, 0.4) is 0 Å². The molecule has 2 aromatic carbocycles. The van der Waals surface area contributed by atoms with Gasteiger partial charge in [-0.1, -0.05) is 51.1 Å². The second-order valence-electron chi connectivity index (χ2n) is 9.36. The Bertz CT molecular complexity index is 1180. The van der Waals surface area contributed by atoms with Crippen molar-refractivity contribution in [2.24, 2.45) is 5.41 Å². The molecule has 0 bridgehead atoms. The van der Waals surface area contributed by atoms with Gasteiger partial charge in [-0.25, -0.2) is 0 Å². The van der Waals surface area contributed by atoms with Gasteiger partial charge in [0.05, 0.1) is 17.6 Å². The predicted octanol–water partition coefficient (Wildman–Crippen LogP) is 3.75. The summed E-state index contributed by atoms with van der Waals surface area (Å²) in [6, 6.07) is 11.0. The summed E-state index contributed by atoms with van der Waals surface area (Å²) in [6.45, 7) is 5.86. The number of rotatable bonds is 8. The zero-order valence-corrected chi connectivity index (χ0v) is 19.8. The first-order valence-electron chi connectivity index (χ1n) is 11.2. The number of hydrogen-bond donors (Lipinski definition) is 3. The average Bonchev–Trinajstić information content (AvgIpc) is 3.15. The lowest BCUT2D eigenvalue weighted by Crippen LogP contribution is -2.53. The van der Waals surface area contributed by atoms with E-state index in [9.17, 15) is 22.8 Å². The van der Waals surface area contributed by atoms with Gasteiger partial charge in [0, 0.05) is 18.5 Å². The molecule has 1 aromatic heterocycles. The smallest absolute Gasteiger partial charge is 0.396 e. The Labute approximate surface area is 201 Å². The molecule has 0 aliphatic carbocycles. The van der Waals surface area contributed by atoms with Crippen LogP contribution in [0.5, 0.6) is 0 Å². The number of aliphatic hydroxyl groups excluding tert-OH is 1. The fourth-order valence-electron chi connectivity index (χ4n) is 3.66. The Hall–Kier alpha value is -3.40. The number of alkyl halides is 3. The van der Waals surface area contributed by atoms with Crippen molar-refractivity contribution in [3.05, 3.63) is 65.4 Å². The lowest BCUT2D eigenvalue weighted by atomic mass is 9.86. The molecule has 3 rings (SSSR count). The Morgan fingerprint density at radius 3 is 2.31 bits per heavy atom. The molecule has 0 saturated heterocycles. The number of carbonyl (C=O) groups is 2. The van der Waals surface area contributed by atoms with E-state index >= 15 is 0 Å². The molecule has 1 heterocycles. The van der Waals surface area contributed by atoms with Crippen LogP contribution in [-0.2, 0) is 17.5 Å². The standard InChI is InChI=1S/C25H29F3N4O3/c1-24(2,3)21(23(35)29-13-6-14-33)30-22(34)20-18-7-4-5-8-19(18)32(31-20)15-16-9-11-17(12-10-16)25(26,27)28/h4-5,7-12,21,33H,6,13-15H2,1-3H3,(H,29,35)(H,30,34). The van der Waals surface area contributed by atoms with Crippen LogP contribution in [0.25, 0.3) is 10.9 Å². The maximum absolute atomic E-state index is 13.2. The van der Waals surface area contributed by atoms with Crippen molar-refractivity contribution in [2.75, 3.05) is 13.2 Å². The number of para-hydroxylation sites is 1. The quantitative estimate of drug-likeness (QED) is 0.419. The first-order valence-corrected chi connectivity index (χ1v) is 11.2. The zero-order chi connectivity index (χ0) is 25.8.